The average Bonchev–Trinajstić information content (AvgIpc) is 2.09. The molecule has 12 heavy (non-hydrogen) atoms. The van der Waals surface area contributed by atoms with E-state index in [-0.39, 0.29) is 0 Å². The van der Waals surface area contributed by atoms with Crippen LogP contribution in [-0.4, -0.2) is 6.29 Å². The molecule has 0 unspecified atom stereocenters. The molecule has 0 aromatic heterocycles. The first-order valence-electron chi connectivity index (χ1n) is 3.91. The molecule has 0 bridgehead atoms. The van der Waals surface area contributed by atoms with Crippen LogP contribution in [0.2, 0.25) is 0 Å². The van der Waals surface area contributed by atoms with E-state index >= 15 is 0 Å². The van der Waals surface area contributed by atoms with E-state index in [0.717, 1.165) is 6.42 Å². The molecular formula is C11H11O. The lowest BCUT2D eigenvalue weighted by atomic mass is 10.1. The fraction of sp³-hybridized carbons (Fsp3) is 0.182. The Bertz CT molecular complexity index is 270. The van der Waals surface area contributed by atoms with Crippen molar-refractivity contribution in [1.29, 1.82) is 0 Å². The molecule has 0 N–H and O–H groups in total. The molecule has 0 amide bonds. The molecule has 1 nitrogen and oxygen atoms in total. The SMILES string of the molecule is Cc1ccc(CC=C[C]=O)cc1. The van der Waals surface area contributed by atoms with E-state index in [9.17, 15) is 4.79 Å². The first-order valence-corrected chi connectivity index (χ1v) is 3.91. The van der Waals surface area contributed by atoms with Gasteiger partial charge in [0.1, 0.15) is 0 Å². The smallest absolute Gasteiger partial charge is 0.225 e. The zero-order valence-electron chi connectivity index (χ0n) is 7.08. The van der Waals surface area contributed by atoms with Crippen LogP contribution >= 0.6 is 0 Å². The maximum Gasteiger partial charge on any atom is 0.225 e. The Morgan fingerprint density at radius 2 is 2.00 bits per heavy atom. The lowest BCUT2D eigenvalue weighted by Crippen LogP contribution is -1.80. The summed E-state index contributed by atoms with van der Waals surface area (Å²) < 4.78 is 0. The van der Waals surface area contributed by atoms with Gasteiger partial charge >= 0.3 is 0 Å². The molecular weight excluding hydrogens is 148 g/mol. The molecule has 1 heteroatoms. The van der Waals surface area contributed by atoms with Gasteiger partial charge in [-0.1, -0.05) is 35.9 Å². The third kappa shape index (κ3) is 2.70. The lowest BCUT2D eigenvalue weighted by Gasteiger charge is -1.95. The van der Waals surface area contributed by atoms with Crippen molar-refractivity contribution in [2.45, 2.75) is 13.3 Å². The number of hydrogen-bond donors (Lipinski definition) is 0. The number of benzene rings is 1. The van der Waals surface area contributed by atoms with E-state index in [2.05, 4.69) is 31.2 Å². The first kappa shape index (κ1) is 8.72. The Labute approximate surface area is 72.7 Å². The van der Waals surface area contributed by atoms with E-state index in [1.807, 2.05) is 0 Å². The molecule has 0 fully saturated rings. The second kappa shape index (κ2) is 4.50. The highest BCUT2D eigenvalue weighted by molar-refractivity contribution is 5.65. The quantitative estimate of drug-likeness (QED) is 0.618. The summed E-state index contributed by atoms with van der Waals surface area (Å²) >= 11 is 0. The average molecular weight is 159 g/mol. The summed E-state index contributed by atoms with van der Waals surface area (Å²) in [6, 6.07) is 8.25. The van der Waals surface area contributed by atoms with Gasteiger partial charge in [0.2, 0.25) is 6.29 Å². The highest BCUT2D eigenvalue weighted by Gasteiger charge is 1.87. The molecule has 0 aliphatic heterocycles. The van der Waals surface area contributed by atoms with Gasteiger partial charge in [0.15, 0.2) is 0 Å². The van der Waals surface area contributed by atoms with Gasteiger partial charge in [0.25, 0.3) is 0 Å². The van der Waals surface area contributed by atoms with Crippen molar-refractivity contribution in [3.63, 3.8) is 0 Å². The van der Waals surface area contributed by atoms with Gasteiger partial charge in [-0.15, -0.1) is 0 Å². The van der Waals surface area contributed by atoms with Crippen LogP contribution in [-0.2, 0) is 11.2 Å². The van der Waals surface area contributed by atoms with Gasteiger partial charge in [-0.3, -0.25) is 4.79 Å². The second-order valence-electron chi connectivity index (χ2n) is 2.71. The van der Waals surface area contributed by atoms with Crippen molar-refractivity contribution in [3.05, 3.63) is 47.5 Å². The van der Waals surface area contributed by atoms with Gasteiger partial charge < -0.3 is 0 Å². The largest absolute Gasteiger partial charge is 0.286 e. The Morgan fingerprint density at radius 3 is 2.58 bits per heavy atom. The molecule has 0 saturated heterocycles. The summed E-state index contributed by atoms with van der Waals surface area (Å²) in [6.45, 7) is 2.05. The molecule has 1 aromatic carbocycles. The van der Waals surface area contributed by atoms with Crippen LogP contribution in [0.25, 0.3) is 0 Å². The molecule has 0 aliphatic carbocycles. The highest BCUT2D eigenvalue weighted by atomic mass is 16.1. The standard InChI is InChI=1S/C11H11O/c1-10-5-7-11(8-6-10)4-2-3-9-12/h2-3,5-8H,4H2,1H3. The van der Waals surface area contributed by atoms with E-state index in [0.29, 0.717) is 0 Å². The molecule has 0 spiro atoms. The molecule has 1 aromatic rings. The minimum absolute atomic E-state index is 0.801. The Kier molecular flexibility index (Phi) is 3.27. The molecule has 0 atom stereocenters. The third-order valence-electron chi connectivity index (χ3n) is 1.66. The maximum atomic E-state index is 9.84. The van der Waals surface area contributed by atoms with Gasteiger partial charge in [-0.2, -0.15) is 0 Å². The Balaban J connectivity index is 2.58. The van der Waals surface area contributed by atoms with Crippen LogP contribution < -0.4 is 0 Å². The van der Waals surface area contributed by atoms with Crippen LogP contribution in [0.5, 0.6) is 0 Å². The van der Waals surface area contributed by atoms with Crippen LogP contribution in [0.1, 0.15) is 11.1 Å². The summed E-state index contributed by atoms with van der Waals surface area (Å²) in [6.07, 6.45) is 5.73. The van der Waals surface area contributed by atoms with Crippen LogP contribution in [0.15, 0.2) is 36.4 Å². The summed E-state index contributed by atoms with van der Waals surface area (Å²) in [5.74, 6) is 0. The monoisotopic (exact) mass is 159 g/mol. The number of carbonyl (C=O) groups excluding carboxylic acids is 1. The van der Waals surface area contributed by atoms with Crippen molar-refractivity contribution < 1.29 is 4.79 Å². The van der Waals surface area contributed by atoms with E-state index in [4.69, 9.17) is 0 Å². The zero-order valence-corrected chi connectivity index (χ0v) is 7.08. The molecule has 0 aliphatic rings. The highest BCUT2D eigenvalue weighted by Crippen LogP contribution is 2.03. The maximum absolute atomic E-state index is 9.84. The zero-order chi connectivity index (χ0) is 8.81. The fourth-order valence-corrected chi connectivity index (χ4v) is 0.967. The van der Waals surface area contributed by atoms with Crippen molar-refractivity contribution in [2.75, 3.05) is 0 Å². The number of rotatable bonds is 3. The molecule has 1 radical (unpaired) electrons. The van der Waals surface area contributed by atoms with Crippen molar-refractivity contribution in [2.24, 2.45) is 0 Å². The topological polar surface area (TPSA) is 17.1 Å². The van der Waals surface area contributed by atoms with Crippen LogP contribution in [0.3, 0.4) is 0 Å². The molecule has 61 valence electrons. The summed E-state index contributed by atoms with van der Waals surface area (Å²) in [5.41, 5.74) is 2.47. The van der Waals surface area contributed by atoms with Crippen LogP contribution in [0.4, 0.5) is 0 Å². The first-order chi connectivity index (χ1) is 5.83. The van der Waals surface area contributed by atoms with Gasteiger partial charge in [0, 0.05) is 0 Å². The fourth-order valence-electron chi connectivity index (χ4n) is 0.967. The van der Waals surface area contributed by atoms with E-state index in [1.165, 1.54) is 17.2 Å². The summed E-state index contributed by atoms with van der Waals surface area (Å²) in [5, 5.41) is 0. The van der Waals surface area contributed by atoms with Gasteiger partial charge in [-0.25, -0.2) is 0 Å². The summed E-state index contributed by atoms with van der Waals surface area (Å²) in [7, 11) is 0. The van der Waals surface area contributed by atoms with E-state index < -0.39 is 0 Å². The minimum Gasteiger partial charge on any atom is -0.286 e. The predicted molar refractivity (Wildman–Crippen MR) is 49.7 cm³/mol. The second-order valence-corrected chi connectivity index (χ2v) is 2.71. The molecule has 1 rings (SSSR count). The van der Waals surface area contributed by atoms with Gasteiger partial charge in [0.05, 0.1) is 0 Å². The number of aryl methyl sites for hydroxylation is 1. The number of hydrogen-bond acceptors (Lipinski definition) is 1. The summed E-state index contributed by atoms with van der Waals surface area (Å²) in [4.78, 5) is 9.84. The Hall–Kier alpha value is -1.37. The lowest BCUT2D eigenvalue weighted by molar-refractivity contribution is 0.564. The predicted octanol–water partition coefficient (Wildman–Crippen LogP) is 2.20. The number of allylic oxidation sites excluding steroid dienone is 2. The normalized spacial score (nSPS) is 10.4. The van der Waals surface area contributed by atoms with Crippen molar-refractivity contribution in [3.8, 4) is 0 Å². The molecule has 0 heterocycles. The molecule has 0 saturated carbocycles. The van der Waals surface area contributed by atoms with Crippen molar-refractivity contribution >= 4 is 6.29 Å². The third-order valence-corrected chi connectivity index (χ3v) is 1.66. The van der Waals surface area contributed by atoms with Crippen LogP contribution in [0, 0.1) is 6.92 Å². The van der Waals surface area contributed by atoms with Gasteiger partial charge in [-0.05, 0) is 25.0 Å². The van der Waals surface area contributed by atoms with E-state index in [1.54, 1.807) is 12.4 Å². The minimum atomic E-state index is 0.801. The van der Waals surface area contributed by atoms with Crippen molar-refractivity contribution in [1.82, 2.24) is 0 Å². The Morgan fingerprint density at radius 1 is 1.33 bits per heavy atom.